The van der Waals surface area contributed by atoms with Gasteiger partial charge in [-0.2, -0.15) is 0 Å². The Bertz CT molecular complexity index is 518. The molecular weight excluding hydrogens is 352 g/mol. The fraction of sp³-hybridized carbons (Fsp3) is 0.467. The average Bonchev–Trinajstić information content (AvgIpc) is 2.96. The molecular formula is C15H19BrN2O2S. The maximum atomic E-state index is 12.5. The summed E-state index contributed by atoms with van der Waals surface area (Å²) in [5.74, 6) is 0.415. The second-order valence-corrected chi connectivity index (χ2v) is 7.06. The first-order chi connectivity index (χ1) is 10.1. The van der Waals surface area contributed by atoms with Gasteiger partial charge in [-0.1, -0.05) is 22.0 Å². The van der Waals surface area contributed by atoms with Gasteiger partial charge < -0.3 is 10.2 Å². The summed E-state index contributed by atoms with van der Waals surface area (Å²) < 4.78 is 1.01. The van der Waals surface area contributed by atoms with E-state index in [1.807, 2.05) is 29.2 Å². The highest BCUT2D eigenvalue weighted by atomic mass is 79.9. The number of hydrogen-bond acceptors (Lipinski definition) is 3. The molecule has 0 spiro atoms. The Hall–Kier alpha value is -1.01. The van der Waals surface area contributed by atoms with Gasteiger partial charge in [-0.25, -0.2) is 0 Å². The quantitative estimate of drug-likeness (QED) is 0.810. The van der Waals surface area contributed by atoms with Gasteiger partial charge >= 0.3 is 0 Å². The Morgan fingerprint density at radius 2 is 2.10 bits per heavy atom. The van der Waals surface area contributed by atoms with Gasteiger partial charge in [-0.05, 0) is 31.0 Å². The number of carbonyl (C=O) groups excluding carboxylic acids is 2. The summed E-state index contributed by atoms with van der Waals surface area (Å²) in [6.45, 7) is 3.06. The minimum Gasteiger partial charge on any atom is -0.344 e. The van der Waals surface area contributed by atoms with Crippen LogP contribution in [0.4, 0.5) is 0 Å². The third-order valence-corrected chi connectivity index (χ3v) is 4.89. The van der Waals surface area contributed by atoms with Gasteiger partial charge in [0, 0.05) is 35.1 Å². The molecule has 0 aromatic heterocycles. The first-order valence-electron chi connectivity index (χ1n) is 7.00. The van der Waals surface area contributed by atoms with Crippen LogP contribution in [0.25, 0.3) is 0 Å². The Balaban J connectivity index is 1.98. The highest BCUT2D eigenvalue weighted by Gasteiger charge is 2.27. The van der Waals surface area contributed by atoms with Crippen molar-refractivity contribution in [3.05, 3.63) is 28.7 Å². The van der Waals surface area contributed by atoms with Crippen molar-refractivity contribution in [3.8, 4) is 0 Å². The van der Waals surface area contributed by atoms with E-state index < -0.39 is 6.04 Å². The number of hydrogen-bond donors (Lipinski definition) is 1. The summed E-state index contributed by atoms with van der Waals surface area (Å²) in [7, 11) is 0. The number of benzene rings is 1. The summed E-state index contributed by atoms with van der Waals surface area (Å²) in [6, 6.07) is 7.48. The van der Waals surface area contributed by atoms with E-state index in [0.717, 1.165) is 35.3 Å². The van der Waals surface area contributed by atoms with Crippen molar-refractivity contribution in [1.29, 1.82) is 0 Å². The van der Waals surface area contributed by atoms with Crippen LogP contribution in [0.2, 0.25) is 0 Å². The van der Waals surface area contributed by atoms with Crippen LogP contribution in [-0.2, 0) is 9.59 Å². The van der Waals surface area contributed by atoms with Gasteiger partial charge in [0.25, 0.3) is 0 Å². The predicted molar refractivity (Wildman–Crippen MR) is 88.3 cm³/mol. The first-order valence-corrected chi connectivity index (χ1v) is 8.78. The summed E-state index contributed by atoms with van der Waals surface area (Å²) in [5, 5.41) is 2.78. The zero-order valence-corrected chi connectivity index (χ0v) is 14.4. The van der Waals surface area contributed by atoms with Gasteiger partial charge in [0.1, 0.15) is 6.04 Å². The van der Waals surface area contributed by atoms with Gasteiger partial charge in [0.2, 0.25) is 11.8 Å². The lowest BCUT2D eigenvalue weighted by Gasteiger charge is -2.23. The Morgan fingerprint density at radius 1 is 1.38 bits per heavy atom. The molecule has 21 heavy (non-hydrogen) atoms. The van der Waals surface area contributed by atoms with E-state index in [1.165, 1.54) is 6.92 Å². The van der Waals surface area contributed by atoms with E-state index in [9.17, 15) is 9.59 Å². The summed E-state index contributed by atoms with van der Waals surface area (Å²) in [6.07, 6.45) is 2.11. The van der Waals surface area contributed by atoms with Crippen molar-refractivity contribution in [3.63, 3.8) is 0 Å². The van der Waals surface area contributed by atoms with Crippen molar-refractivity contribution in [2.24, 2.45) is 0 Å². The largest absolute Gasteiger partial charge is 0.344 e. The predicted octanol–water partition coefficient (Wildman–Crippen LogP) is 2.67. The molecule has 1 aromatic carbocycles. The lowest BCUT2D eigenvalue weighted by molar-refractivity contribution is -0.134. The molecule has 0 radical (unpaired) electrons. The maximum Gasteiger partial charge on any atom is 0.246 e. The van der Waals surface area contributed by atoms with Crippen molar-refractivity contribution in [2.75, 3.05) is 18.8 Å². The topological polar surface area (TPSA) is 49.4 Å². The lowest BCUT2D eigenvalue weighted by Crippen LogP contribution is -2.48. The monoisotopic (exact) mass is 370 g/mol. The number of carbonyl (C=O) groups is 2. The average molecular weight is 371 g/mol. The van der Waals surface area contributed by atoms with Crippen molar-refractivity contribution in [1.82, 2.24) is 10.2 Å². The molecule has 0 bridgehead atoms. The van der Waals surface area contributed by atoms with Crippen LogP contribution < -0.4 is 5.32 Å². The second-order valence-electron chi connectivity index (χ2n) is 5.05. The maximum absolute atomic E-state index is 12.5. The molecule has 114 valence electrons. The molecule has 6 heteroatoms. The lowest BCUT2D eigenvalue weighted by atomic mass is 10.3. The van der Waals surface area contributed by atoms with E-state index in [2.05, 4.69) is 21.2 Å². The molecule has 0 aliphatic carbocycles. The molecule has 1 aromatic rings. The number of likely N-dealkylation sites (tertiary alicyclic amines) is 1. The molecule has 1 fully saturated rings. The van der Waals surface area contributed by atoms with Gasteiger partial charge in [-0.15, -0.1) is 11.8 Å². The van der Waals surface area contributed by atoms with Gasteiger partial charge in [0.15, 0.2) is 0 Å². The molecule has 1 unspecified atom stereocenters. The number of halogens is 1. The van der Waals surface area contributed by atoms with Gasteiger partial charge in [-0.3, -0.25) is 9.59 Å². The summed E-state index contributed by atoms with van der Waals surface area (Å²) in [5.41, 5.74) is 0. The second kappa shape index (κ2) is 7.84. The van der Waals surface area contributed by atoms with E-state index in [0.29, 0.717) is 5.75 Å². The number of nitrogens with one attached hydrogen (secondary N) is 1. The fourth-order valence-electron chi connectivity index (χ4n) is 2.31. The molecule has 2 amide bonds. The number of thioether (sulfide) groups is 1. The van der Waals surface area contributed by atoms with Crippen LogP contribution in [0.15, 0.2) is 33.6 Å². The molecule has 1 atom stereocenters. The molecule has 1 heterocycles. The standard InChI is InChI=1S/C15H19BrN2O2S/c1-11(19)17-14(15(20)18-7-2-3-8-18)10-21-13-6-4-5-12(16)9-13/h4-6,9,14H,2-3,7-8,10H2,1H3,(H,17,19). The smallest absolute Gasteiger partial charge is 0.246 e. The molecule has 0 saturated carbocycles. The minimum absolute atomic E-state index is 0.0326. The highest BCUT2D eigenvalue weighted by molar-refractivity contribution is 9.10. The van der Waals surface area contributed by atoms with Crippen LogP contribution >= 0.6 is 27.7 Å². The molecule has 1 saturated heterocycles. The van der Waals surface area contributed by atoms with Crippen LogP contribution in [-0.4, -0.2) is 41.6 Å². The Kier molecular flexibility index (Phi) is 6.11. The molecule has 2 rings (SSSR count). The van der Waals surface area contributed by atoms with Crippen LogP contribution in [0.5, 0.6) is 0 Å². The Labute approximate surface area is 137 Å². The van der Waals surface area contributed by atoms with E-state index in [1.54, 1.807) is 11.8 Å². The highest BCUT2D eigenvalue weighted by Crippen LogP contribution is 2.23. The van der Waals surface area contributed by atoms with Crippen molar-refractivity contribution in [2.45, 2.75) is 30.7 Å². The van der Waals surface area contributed by atoms with Gasteiger partial charge in [0.05, 0.1) is 0 Å². The first kappa shape index (κ1) is 16.4. The molecule has 1 aliphatic rings. The third-order valence-electron chi connectivity index (χ3n) is 3.31. The number of nitrogens with zero attached hydrogens (tertiary/aromatic N) is 1. The molecule has 4 nitrogen and oxygen atoms in total. The third kappa shape index (κ3) is 5.04. The number of amides is 2. The van der Waals surface area contributed by atoms with E-state index in [4.69, 9.17) is 0 Å². The van der Waals surface area contributed by atoms with Crippen molar-refractivity contribution >= 4 is 39.5 Å². The molecule has 1 aliphatic heterocycles. The number of rotatable bonds is 5. The zero-order chi connectivity index (χ0) is 15.2. The van der Waals surface area contributed by atoms with E-state index in [-0.39, 0.29) is 11.8 Å². The molecule has 1 N–H and O–H groups in total. The normalized spacial score (nSPS) is 15.8. The summed E-state index contributed by atoms with van der Waals surface area (Å²) in [4.78, 5) is 26.7. The summed E-state index contributed by atoms with van der Waals surface area (Å²) >= 11 is 5.01. The SMILES string of the molecule is CC(=O)NC(CSc1cccc(Br)c1)C(=O)N1CCCC1. The van der Waals surface area contributed by atoms with Crippen LogP contribution in [0.3, 0.4) is 0 Å². The zero-order valence-electron chi connectivity index (χ0n) is 12.0. The Morgan fingerprint density at radius 3 is 2.71 bits per heavy atom. The van der Waals surface area contributed by atoms with Crippen molar-refractivity contribution < 1.29 is 9.59 Å². The van der Waals surface area contributed by atoms with Crippen LogP contribution in [0, 0.1) is 0 Å². The minimum atomic E-state index is -0.454. The van der Waals surface area contributed by atoms with E-state index >= 15 is 0 Å². The fourth-order valence-corrected chi connectivity index (χ4v) is 3.84. The van der Waals surface area contributed by atoms with Crippen LogP contribution in [0.1, 0.15) is 19.8 Å².